The molecule has 0 bridgehead atoms. The van der Waals surface area contributed by atoms with E-state index < -0.39 is 35.7 Å². The van der Waals surface area contributed by atoms with Crippen LogP contribution in [0.4, 0.5) is 9.59 Å². The third-order valence-corrected chi connectivity index (χ3v) is 11.9. The molecule has 4 aliphatic heterocycles. The third-order valence-electron chi connectivity index (χ3n) is 11.9. The molecule has 0 saturated carbocycles. The minimum absolute atomic E-state index is 0.135. The number of ether oxygens (including phenoxy) is 3. The minimum atomic E-state index is -0.750. The molecule has 14 heteroatoms. The van der Waals surface area contributed by atoms with E-state index in [0.29, 0.717) is 25.3 Å². The molecule has 60 heavy (non-hydrogen) atoms. The van der Waals surface area contributed by atoms with Crippen LogP contribution in [-0.2, 0) is 24.5 Å². The largest absolute Gasteiger partial charge is 0.457 e. The van der Waals surface area contributed by atoms with Crippen molar-refractivity contribution >= 4 is 35.3 Å². The summed E-state index contributed by atoms with van der Waals surface area (Å²) in [5, 5.41) is 5.41. The van der Waals surface area contributed by atoms with Gasteiger partial charge in [-0.25, -0.2) is 14.6 Å². The number of hydrogen-bond donors (Lipinski definition) is 3. The Morgan fingerprint density at radius 1 is 0.800 bits per heavy atom. The van der Waals surface area contributed by atoms with Gasteiger partial charge in [-0.05, 0) is 61.1 Å². The first-order valence-electron chi connectivity index (χ1n) is 20.4. The van der Waals surface area contributed by atoms with Crippen molar-refractivity contribution in [3.8, 4) is 22.8 Å². The number of aromatic amines is 1. The number of allylic oxidation sites excluding steroid dienone is 1. The van der Waals surface area contributed by atoms with Gasteiger partial charge in [-0.3, -0.25) is 14.6 Å². The summed E-state index contributed by atoms with van der Waals surface area (Å²) in [5.74, 6) is 1.50. The predicted octanol–water partition coefficient (Wildman–Crippen LogP) is 7.44. The van der Waals surface area contributed by atoms with Gasteiger partial charge in [-0.1, -0.05) is 77.0 Å². The number of H-pyrrole nitrogens is 1. The van der Waals surface area contributed by atoms with E-state index in [4.69, 9.17) is 24.2 Å². The number of imidazole rings is 1. The molecule has 0 radical (unpaired) electrons. The van der Waals surface area contributed by atoms with Gasteiger partial charge >= 0.3 is 12.2 Å². The maximum Gasteiger partial charge on any atom is 0.407 e. The van der Waals surface area contributed by atoms with Crippen LogP contribution in [0.25, 0.3) is 16.8 Å². The fraction of sp³-hybridized carbons (Fsp3) is 0.435. The molecule has 5 heterocycles. The van der Waals surface area contributed by atoms with E-state index >= 15 is 0 Å². The van der Waals surface area contributed by atoms with Crippen molar-refractivity contribution in [1.29, 1.82) is 0 Å². The summed E-state index contributed by atoms with van der Waals surface area (Å²) >= 11 is 0. The van der Waals surface area contributed by atoms with Crippen molar-refractivity contribution in [1.82, 2.24) is 30.4 Å². The number of hydrogen-bond acceptors (Lipinski definition) is 9. The van der Waals surface area contributed by atoms with Crippen molar-refractivity contribution in [2.75, 3.05) is 27.3 Å². The average Bonchev–Trinajstić information content (AvgIpc) is 4.04. The van der Waals surface area contributed by atoms with Crippen molar-refractivity contribution in [2.24, 2.45) is 16.8 Å². The molecule has 4 amide bonds. The number of nitrogens with one attached hydrogen (secondary N) is 3. The quantitative estimate of drug-likeness (QED) is 0.178. The second kappa shape index (κ2) is 16.5. The zero-order valence-corrected chi connectivity index (χ0v) is 36.0. The molecular weight excluding hydrogens is 763 g/mol. The summed E-state index contributed by atoms with van der Waals surface area (Å²) in [6.45, 7) is 16.8. The molecular formula is C46H55N7O7. The van der Waals surface area contributed by atoms with Gasteiger partial charge in [0, 0.05) is 53.5 Å². The number of fused-ring (bicyclic) bond motifs is 2. The molecule has 3 aromatic rings. The molecule has 7 rings (SSSR count). The summed E-state index contributed by atoms with van der Waals surface area (Å²) in [6.07, 6.45) is 7.04. The van der Waals surface area contributed by atoms with Gasteiger partial charge in [0.25, 0.3) is 0 Å². The number of rotatable bonds is 10. The topological polar surface area (TPSA) is 168 Å². The molecule has 316 valence electrons. The predicted molar refractivity (Wildman–Crippen MR) is 228 cm³/mol. The van der Waals surface area contributed by atoms with Crippen molar-refractivity contribution < 1.29 is 33.4 Å². The third kappa shape index (κ3) is 7.94. The fourth-order valence-electron chi connectivity index (χ4n) is 8.55. The monoisotopic (exact) mass is 817 g/mol. The first kappa shape index (κ1) is 42.0. The normalized spacial score (nSPS) is 20.0. The maximum atomic E-state index is 13.8. The van der Waals surface area contributed by atoms with Gasteiger partial charge in [0.2, 0.25) is 11.8 Å². The van der Waals surface area contributed by atoms with E-state index in [1.165, 1.54) is 14.2 Å². The molecule has 2 aromatic carbocycles. The van der Waals surface area contributed by atoms with Crippen molar-refractivity contribution in [3.05, 3.63) is 94.6 Å². The van der Waals surface area contributed by atoms with E-state index in [9.17, 15) is 19.2 Å². The van der Waals surface area contributed by atoms with Crippen LogP contribution >= 0.6 is 0 Å². The number of carbonyl (C=O) groups excluding carboxylic acids is 4. The number of alkyl carbamates (subject to hydrolysis) is 2. The van der Waals surface area contributed by atoms with Crippen LogP contribution in [0, 0.1) is 11.8 Å². The van der Waals surface area contributed by atoms with Crippen LogP contribution in [0.3, 0.4) is 0 Å². The zero-order valence-electron chi connectivity index (χ0n) is 36.0. The molecule has 4 atom stereocenters. The summed E-state index contributed by atoms with van der Waals surface area (Å²) in [4.78, 5) is 68.3. The molecule has 14 nitrogen and oxygen atoms in total. The molecule has 0 spiro atoms. The van der Waals surface area contributed by atoms with E-state index in [1.807, 2.05) is 66.0 Å². The number of nitrogens with zero attached hydrogens (tertiary/aromatic N) is 4. The van der Waals surface area contributed by atoms with Crippen LogP contribution in [0.2, 0.25) is 0 Å². The number of benzene rings is 2. The molecule has 0 aliphatic carbocycles. The summed E-state index contributed by atoms with van der Waals surface area (Å²) in [7, 11) is 2.57. The van der Waals surface area contributed by atoms with E-state index in [-0.39, 0.29) is 29.7 Å². The Kier molecular flexibility index (Phi) is 11.5. The van der Waals surface area contributed by atoms with E-state index in [1.54, 1.807) is 16.0 Å². The Bertz CT molecular complexity index is 2350. The number of methoxy groups -OCH3 is 2. The first-order chi connectivity index (χ1) is 28.5. The van der Waals surface area contributed by atoms with E-state index in [2.05, 4.69) is 59.8 Å². The number of carbonyl (C=O) groups is 4. The maximum absolute atomic E-state index is 13.8. The van der Waals surface area contributed by atoms with Crippen LogP contribution in [-0.4, -0.2) is 94.9 Å². The smallest absolute Gasteiger partial charge is 0.407 e. The first-order valence-corrected chi connectivity index (χ1v) is 20.4. The second-order valence-corrected chi connectivity index (χ2v) is 17.3. The summed E-state index contributed by atoms with van der Waals surface area (Å²) in [6, 6.07) is 10.2. The van der Waals surface area contributed by atoms with Crippen LogP contribution in [0.15, 0.2) is 77.1 Å². The highest BCUT2D eigenvalue weighted by Gasteiger charge is 2.40. The van der Waals surface area contributed by atoms with Gasteiger partial charge < -0.3 is 39.6 Å². The van der Waals surface area contributed by atoms with E-state index in [0.717, 1.165) is 61.9 Å². The van der Waals surface area contributed by atoms with Gasteiger partial charge in [0.05, 0.1) is 32.2 Å². The van der Waals surface area contributed by atoms with Gasteiger partial charge in [0.1, 0.15) is 35.4 Å². The highest BCUT2D eigenvalue weighted by atomic mass is 16.5. The Morgan fingerprint density at radius 3 is 1.98 bits per heavy atom. The standard InChI is InChI=1S/C46H55N7O7/c1-24(2)39(50-44(56)58-9)42(54)52-22-26(5)15-35(52)33-18-30(20-47-33)28-11-13-31-38(19-28)60-37-14-12-29(17-32(37)46(31,7)8)34-21-48-41(49-34)36-16-27(6)23-53(36)43(55)40(25(3)4)51-45(57)59-10/h11-17,19-21,24-25,35-36,39-40H,18,22-23H2,1-10H3,(H,48,49)(H,50,56)(H,51,57)/t35-,36-,39-,40-/m0/s1. The van der Waals surface area contributed by atoms with Crippen LogP contribution < -0.4 is 15.4 Å². The SMILES string of the molecule is COC(=O)N[C@H](C(=O)N1CC(C)=C[C@H]1C1=NC=C(c2ccc3c(c2)Oc2ccc(-c4cnc([C@@H]5C=C(C)CN5C(=O)[C@@H](NC(=O)OC)C(C)C)[nH]4)cc2C3(C)C)C1)C(C)C. The van der Waals surface area contributed by atoms with Crippen LogP contribution in [0.5, 0.6) is 11.5 Å². The van der Waals surface area contributed by atoms with Gasteiger partial charge in [0.15, 0.2) is 0 Å². The minimum Gasteiger partial charge on any atom is -0.457 e. The molecule has 0 saturated heterocycles. The Hall–Kier alpha value is -6.18. The highest BCUT2D eigenvalue weighted by molar-refractivity contribution is 6.05. The molecule has 0 fully saturated rings. The Labute approximate surface area is 351 Å². The second-order valence-electron chi connectivity index (χ2n) is 17.3. The lowest BCUT2D eigenvalue weighted by molar-refractivity contribution is -0.135. The van der Waals surface area contributed by atoms with Gasteiger partial charge in [-0.15, -0.1) is 0 Å². The lowest BCUT2D eigenvalue weighted by atomic mass is 9.75. The molecule has 3 N–H and O–H groups in total. The molecule has 4 aliphatic rings. The molecule has 0 unspecified atom stereocenters. The lowest BCUT2D eigenvalue weighted by Crippen LogP contribution is -2.54. The zero-order chi connectivity index (χ0) is 43.2. The molecule has 1 aromatic heterocycles. The highest BCUT2D eigenvalue weighted by Crippen LogP contribution is 2.50. The average molecular weight is 818 g/mol. The van der Waals surface area contributed by atoms with Crippen LogP contribution in [0.1, 0.15) is 90.4 Å². The Morgan fingerprint density at radius 2 is 1.38 bits per heavy atom. The number of aromatic nitrogens is 2. The number of amides is 4. The van der Waals surface area contributed by atoms with Crippen molar-refractivity contribution in [2.45, 2.75) is 91.4 Å². The van der Waals surface area contributed by atoms with Crippen molar-refractivity contribution in [3.63, 3.8) is 0 Å². The Balaban J connectivity index is 1.07. The lowest BCUT2D eigenvalue weighted by Gasteiger charge is -2.35. The fourth-order valence-corrected chi connectivity index (χ4v) is 8.55. The summed E-state index contributed by atoms with van der Waals surface area (Å²) in [5.41, 5.74) is 8.37. The summed E-state index contributed by atoms with van der Waals surface area (Å²) < 4.78 is 16.2. The number of aliphatic imine (C=N–C) groups is 1. The van der Waals surface area contributed by atoms with Gasteiger partial charge in [-0.2, -0.15) is 0 Å².